The number of aromatic amines is 1. The van der Waals surface area contributed by atoms with Crippen molar-refractivity contribution in [3.8, 4) is 17.0 Å². The first-order valence-electron chi connectivity index (χ1n) is 5.81. The van der Waals surface area contributed by atoms with Gasteiger partial charge in [-0.3, -0.25) is 4.79 Å². The fourth-order valence-electron chi connectivity index (χ4n) is 1.82. The number of aromatic hydroxyl groups is 1. The average Bonchev–Trinajstić information content (AvgIpc) is 2.29. The van der Waals surface area contributed by atoms with Crippen molar-refractivity contribution in [1.29, 1.82) is 0 Å². The van der Waals surface area contributed by atoms with Gasteiger partial charge in [-0.25, -0.2) is 4.39 Å². The number of nitrogens with zero attached hydrogens (tertiary/aromatic N) is 1. The van der Waals surface area contributed by atoms with Crippen LogP contribution in [0.15, 0.2) is 29.1 Å². The van der Waals surface area contributed by atoms with Crippen LogP contribution < -0.4 is 11.3 Å². The van der Waals surface area contributed by atoms with Gasteiger partial charge in [-0.15, -0.1) is 0 Å². The van der Waals surface area contributed by atoms with Crippen LogP contribution in [0, 0.1) is 5.82 Å². The van der Waals surface area contributed by atoms with Crippen molar-refractivity contribution >= 4 is 0 Å². The summed E-state index contributed by atoms with van der Waals surface area (Å²) in [6.07, 6.45) is 0.320. The molecule has 2 rings (SSSR count). The number of halogens is 1. The van der Waals surface area contributed by atoms with Crippen LogP contribution in [0.5, 0.6) is 5.88 Å². The summed E-state index contributed by atoms with van der Waals surface area (Å²) in [7, 11) is 0. The molecule has 0 radical (unpaired) electrons. The van der Waals surface area contributed by atoms with Crippen molar-refractivity contribution in [2.45, 2.75) is 19.4 Å². The Morgan fingerprint density at radius 3 is 2.74 bits per heavy atom. The second-order valence-corrected chi connectivity index (χ2v) is 4.37. The number of nitrogens with one attached hydrogen (secondary N) is 1. The van der Waals surface area contributed by atoms with Crippen LogP contribution in [-0.2, 0) is 6.42 Å². The molecular weight excluding hydrogens is 249 g/mol. The molecule has 1 aromatic heterocycles. The number of H-pyrrole nitrogens is 1. The van der Waals surface area contributed by atoms with Gasteiger partial charge in [-0.2, -0.15) is 4.98 Å². The lowest BCUT2D eigenvalue weighted by Crippen LogP contribution is -2.22. The molecule has 2 aromatic rings. The first kappa shape index (κ1) is 13.2. The van der Waals surface area contributed by atoms with Crippen molar-refractivity contribution in [3.63, 3.8) is 0 Å². The second kappa shape index (κ2) is 5.19. The minimum atomic E-state index is -0.593. The van der Waals surface area contributed by atoms with Gasteiger partial charge in [0, 0.05) is 18.0 Å². The third-order valence-electron chi connectivity index (χ3n) is 2.61. The Hall–Kier alpha value is -2.21. The van der Waals surface area contributed by atoms with Crippen molar-refractivity contribution in [1.82, 2.24) is 9.97 Å². The molecule has 0 saturated heterocycles. The molecule has 1 heterocycles. The average molecular weight is 263 g/mol. The summed E-state index contributed by atoms with van der Waals surface area (Å²) in [5.74, 6) is -0.813. The molecule has 100 valence electrons. The van der Waals surface area contributed by atoms with Gasteiger partial charge in [0.25, 0.3) is 5.56 Å². The summed E-state index contributed by atoms with van der Waals surface area (Å²) >= 11 is 0. The molecule has 19 heavy (non-hydrogen) atoms. The second-order valence-electron chi connectivity index (χ2n) is 4.37. The number of hydrogen-bond acceptors (Lipinski definition) is 4. The first-order valence-corrected chi connectivity index (χ1v) is 5.81. The van der Waals surface area contributed by atoms with Gasteiger partial charge in [0.15, 0.2) is 0 Å². The van der Waals surface area contributed by atoms with E-state index in [-0.39, 0.29) is 23.0 Å². The Balaban J connectivity index is 2.55. The molecule has 0 bridgehead atoms. The van der Waals surface area contributed by atoms with Crippen LogP contribution in [0.3, 0.4) is 0 Å². The number of benzene rings is 1. The zero-order valence-electron chi connectivity index (χ0n) is 10.4. The van der Waals surface area contributed by atoms with Crippen molar-refractivity contribution in [3.05, 3.63) is 46.3 Å². The van der Waals surface area contributed by atoms with E-state index >= 15 is 0 Å². The topological polar surface area (TPSA) is 92.0 Å². The predicted octanol–water partition coefficient (Wildman–Crippen LogP) is 1.17. The largest absolute Gasteiger partial charge is 0.493 e. The lowest BCUT2D eigenvalue weighted by molar-refractivity contribution is 0.448. The van der Waals surface area contributed by atoms with Gasteiger partial charge in [0.05, 0.1) is 0 Å². The van der Waals surface area contributed by atoms with Crippen molar-refractivity contribution < 1.29 is 9.50 Å². The van der Waals surface area contributed by atoms with Crippen LogP contribution in [0.1, 0.15) is 12.7 Å². The minimum absolute atomic E-state index is 0.0149. The van der Waals surface area contributed by atoms with E-state index < -0.39 is 17.3 Å². The smallest absolute Gasteiger partial charge is 0.262 e. The zero-order valence-corrected chi connectivity index (χ0v) is 10.4. The van der Waals surface area contributed by atoms with Gasteiger partial charge >= 0.3 is 0 Å². The van der Waals surface area contributed by atoms with Crippen LogP contribution in [0.4, 0.5) is 4.39 Å². The van der Waals surface area contributed by atoms with Crippen LogP contribution >= 0.6 is 0 Å². The molecule has 0 amide bonds. The molecule has 6 heteroatoms. The Bertz CT molecular complexity index is 653. The molecule has 1 aromatic carbocycles. The number of nitrogens with two attached hydrogens (primary N) is 1. The van der Waals surface area contributed by atoms with Gasteiger partial charge in [0.2, 0.25) is 5.88 Å². The van der Waals surface area contributed by atoms with Crippen molar-refractivity contribution in [2.75, 3.05) is 0 Å². The molecule has 5 nitrogen and oxygen atoms in total. The quantitative estimate of drug-likeness (QED) is 0.775. The standard InChI is InChI=1S/C13H14FN3O2/c1-7(15)6-10-16-12(18)11(13(19)17-10)8-4-2-3-5-9(8)14/h2-5,7H,6,15H2,1H3,(H2,16,17,18,19). The molecule has 0 fully saturated rings. The van der Waals surface area contributed by atoms with E-state index in [9.17, 15) is 14.3 Å². The molecule has 0 spiro atoms. The summed E-state index contributed by atoms with van der Waals surface area (Å²) in [5, 5.41) is 9.82. The number of aromatic nitrogens is 2. The van der Waals surface area contributed by atoms with E-state index in [4.69, 9.17) is 5.73 Å². The Labute approximate surface area is 108 Å². The Morgan fingerprint density at radius 1 is 1.47 bits per heavy atom. The van der Waals surface area contributed by atoms with E-state index in [2.05, 4.69) is 9.97 Å². The number of hydrogen-bond donors (Lipinski definition) is 3. The van der Waals surface area contributed by atoms with Gasteiger partial charge in [0.1, 0.15) is 17.2 Å². The molecule has 4 N–H and O–H groups in total. The Kier molecular flexibility index (Phi) is 3.62. The summed E-state index contributed by atoms with van der Waals surface area (Å²) in [4.78, 5) is 18.3. The molecule has 0 saturated carbocycles. The van der Waals surface area contributed by atoms with Gasteiger partial charge < -0.3 is 15.8 Å². The summed E-state index contributed by atoms with van der Waals surface area (Å²) in [6, 6.07) is 5.49. The molecule has 1 atom stereocenters. The SMILES string of the molecule is CC(N)Cc1nc(O)c(-c2ccccc2F)c(=O)[nH]1. The van der Waals surface area contributed by atoms with Crippen LogP contribution in [0.25, 0.3) is 11.1 Å². The molecule has 0 aliphatic carbocycles. The molecule has 0 aliphatic rings. The highest BCUT2D eigenvalue weighted by molar-refractivity contribution is 5.67. The van der Waals surface area contributed by atoms with E-state index in [0.29, 0.717) is 6.42 Å². The third-order valence-corrected chi connectivity index (χ3v) is 2.61. The van der Waals surface area contributed by atoms with E-state index in [0.717, 1.165) is 0 Å². The fourth-order valence-corrected chi connectivity index (χ4v) is 1.82. The third kappa shape index (κ3) is 2.79. The summed E-state index contributed by atoms with van der Waals surface area (Å²) in [5.41, 5.74) is 4.84. The Morgan fingerprint density at radius 2 is 2.16 bits per heavy atom. The van der Waals surface area contributed by atoms with Gasteiger partial charge in [-0.1, -0.05) is 18.2 Å². The first-order chi connectivity index (χ1) is 8.99. The predicted molar refractivity (Wildman–Crippen MR) is 69.3 cm³/mol. The maximum Gasteiger partial charge on any atom is 0.262 e. The van der Waals surface area contributed by atoms with Crippen molar-refractivity contribution in [2.24, 2.45) is 5.73 Å². The maximum atomic E-state index is 13.6. The van der Waals surface area contributed by atoms with Crippen LogP contribution in [0.2, 0.25) is 0 Å². The maximum absolute atomic E-state index is 13.6. The molecule has 1 unspecified atom stereocenters. The highest BCUT2D eigenvalue weighted by Crippen LogP contribution is 2.25. The minimum Gasteiger partial charge on any atom is -0.493 e. The van der Waals surface area contributed by atoms with E-state index in [1.165, 1.54) is 18.2 Å². The normalized spacial score (nSPS) is 12.4. The van der Waals surface area contributed by atoms with E-state index in [1.807, 2.05) is 0 Å². The lowest BCUT2D eigenvalue weighted by atomic mass is 10.1. The lowest BCUT2D eigenvalue weighted by Gasteiger charge is -2.08. The monoisotopic (exact) mass is 263 g/mol. The highest BCUT2D eigenvalue weighted by atomic mass is 19.1. The summed E-state index contributed by atoms with van der Waals surface area (Å²) in [6.45, 7) is 1.75. The molecule has 0 aliphatic heterocycles. The molecular formula is C13H14FN3O2. The number of rotatable bonds is 3. The summed E-state index contributed by atoms with van der Waals surface area (Å²) < 4.78 is 13.6. The van der Waals surface area contributed by atoms with Crippen LogP contribution in [-0.4, -0.2) is 21.1 Å². The van der Waals surface area contributed by atoms with E-state index in [1.54, 1.807) is 13.0 Å². The zero-order chi connectivity index (χ0) is 14.0. The highest BCUT2D eigenvalue weighted by Gasteiger charge is 2.16. The fraction of sp³-hybridized carbons (Fsp3) is 0.231. The van der Waals surface area contributed by atoms with Gasteiger partial charge in [-0.05, 0) is 13.0 Å².